The fourth-order valence-electron chi connectivity index (χ4n) is 3.81. The van der Waals surface area contributed by atoms with Crippen molar-refractivity contribution in [1.82, 2.24) is 4.90 Å². The van der Waals surface area contributed by atoms with E-state index in [1.54, 1.807) is 19.1 Å². The van der Waals surface area contributed by atoms with Crippen molar-refractivity contribution in [2.24, 2.45) is 0 Å². The number of benzene rings is 1. The van der Waals surface area contributed by atoms with E-state index in [1.165, 1.54) is 13.2 Å². The summed E-state index contributed by atoms with van der Waals surface area (Å²) in [5.74, 6) is -0.108. The molecule has 2 aliphatic rings. The van der Waals surface area contributed by atoms with Crippen molar-refractivity contribution in [2.75, 3.05) is 26.8 Å². The molecular formula is C18H26FNO4. The van der Waals surface area contributed by atoms with Gasteiger partial charge >= 0.3 is 0 Å². The Morgan fingerprint density at radius 1 is 1.33 bits per heavy atom. The summed E-state index contributed by atoms with van der Waals surface area (Å²) >= 11 is 0. The van der Waals surface area contributed by atoms with E-state index < -0.39 is 17.3 Å². The van der Waals surface area contributed by atoms with Crippen LogP contribution in [-0.4, -0.2) is 59.2 Å². The van der Waals surface area contributed by atoms with Gasteiger partial charge in [0.2, 0.25) is 0 Å². The highest BCUT2D eigenvalue weighted by Crippen LogP contribution is 2.40. The van der Waals surface area contributed by atoms with Gasteiger partial charge in [-0.15, -0.1) is 0 Å². The van der Waals surface area contributed by atoms with Crippen LogP contribution in [0, 0.1) is 5.82 Å². The van der Waals surface area contributed by atoms with Crippen LogP contribution in [0.5, 0.6) is 5.75 Å². The molecule has 1 aromatic rings. The number of piperidine rings is 1. The zero-order chi connectivity index (χ0) is 17.4. The minimum absolute atomic E-state index is 0.253. The third-order valence-corrected chi connectivity index (χ3v) is 5.41. The van der Waals surface area contributed by atoms with Crippen LogP contribution in [0.2, 0.25) is 0 Å². The van der Waals surface area contributed by atoms with Gasteiger partial charge in [0.1, 0.15) is 6.10 Å². The maximum atomic E-state index is 13.5. The second kappa shape index (κ2) is 6.59. The summed E-state index contributed by atoms with van der Waals surface area (Å²) in [4.78, 5) is 2.25. The molecule has 1 spiro atoms. The minimum Gasteiger partial charge on any atom is -0.494 e. The van der Waals surface area contributed by atoms with Crippen molar-refractivity contribution < 1.29 is 24.1 Å². The molecule has 0 saturated carbocycles. The molecule has 2 fully saturated rings. The van der Waals surface area contributed by atoms with Gasteiger partial charge in [-0.25, -0.2) is 4.39 Å². The molecule has 5 nitrogen and oxygen atoms in total. The molecule has 1 aromatic carbocycles. The number of aliphatic hydroxyl groups is 2. The van der Waals surface area contributed by atoms with Crippen LogP contribution in [0.3, 0.4) is 0 Å². The number of aliphatic hydroxyl groups excluding tert-OH is 1. The standard InChI is InChI=1S/C18H26FNO4/c1-17(22)7-10-24-18(16(17)21)5-8-20(9-6-18)12-13-3-4-14(19)15(11-13)23-2/h3-4,11,16,21-22H,5-10,12H2,1-2H3/t16-,17+/m0/s1. The molecular weight excluding hydrogens is 313 g/mol. The molecule has 0 aliphatic carbocycles. The summed E-state index contributed by atoms with van der Waals surface area (Å²) in [5, 5.41) is 20.9. The summed E-state index contributed by atoms with van der Waals surface area (Å²) in [7, 11) is 1.46. The van der Waals surface area contributed by atoms with E-state index in [4.69, 9.17) is 9.47 Å². The van der Waals surface area contributed by atoms with Crippen LogP contribution >= 0.6 is 0 Å². The highest BCUT2D eigenvalue weighted by molar-refractivity contribution is 5.30. The number of hydrogen-bond acceptors (Lipinski definition) is 5. The van der Waals surface area contributed by atoms with Crippen LogP contribution in [0.15, 0.2) is 18.2 Å². The van der Waals surface area contributed by atoms with E-state index in [2.05, 4.69) is 4.90 Å². The third-order valence-electron chi connectivity index (χ3n) is 5.41. The van der Waals surface area contributed by atoms with Crippen LogP contribution in [-0.2, 0) is 11.3 Å². The van der Waals surface area contributed by atoms with E-state index in [9.17, 15) is 14.6 Å². The quantitative estimate of drug-likeness (QED) is 0.878. The second-order valence-corrected chi connectivity index (χ2v) is 7.17. The van der Waals surface area contributed by atoms with Gasteiger partial charge in [-0.05, 0) is 37.5 Å². The lowest BCUT2D eigenvalue weighted by molar-refractivity contribution is -0.246. The second-order valence-electron chi connectivity index (χ2n) is 7.17. The molecule has 2 saturated heterocycles. The number of halogens is 1. The molecule has 0 amide bonds. The number of methoxy groups -OCH3 is 1. The maximum Gasteiger partial charge on any atom is 0.165 e. The van der Waals surface area contributed by atoms with Gasteiger partial charge in [-0.2, -0.15) is 0 Å². The van der Waals surface area contributed by atoms with Crippen LogP contribution in [0.4, 0.5) is 4.39 Å². The molecule has 2 heterocycles. The number of rotatable bonds is 3. The maximum absolute atomic E-state index is 13.5. The number of nitrogens with zero attached hydrogens (tertiary/aromatic N) is 1. The van der Waals surface area contributed by atoms with E-state index in [0.29, 0.717) is 32.4 Å². The van der Waals surface area contributed by atoms with Gasteiger partial charge in [0.05, 0.1) is 24.9 Å². The molecule has 3 rings (SSSR count). The molecule has 2 N–H and O–H groups in total. The summed E-state index contributed by atoms with van der Waals surface area (Å²) in [6.45, 7) is 4.36. The SMILES string of the molecule is COc1cc(CN2CCC3(CC2)OCC[C@@](C)(O)[C@@H]3O)ccc1F. The summed E-state index contributed by atoms with van der Waals surface area (Å²) < 4.78 is 24.4. The Hall–Kier alpha value is -1.21. The van der Waals surface area contributed by atoms with E-state index in [0.717, 1.165) is 18.7 Å². The molecule has 24 heavy (non-hydrogen) atoms. The first-order valence-corrected chi connectivity index (χ1v) is 8.45. The first-order valence-electron chi connectivity index (χ1n) is 8.45. The lowest BCUT2D eigenvalue weighted by Gasteiger charge is -2.51. The molecule has 134 valence electrons. The Morgan fingerprint density at radius 2 is 2.04 bits per heavy atom. The third kappa shape index (κ3) is 3.28. The average Bonchev–Trinajstić information content (AvgIpc) is 2.56. The van der Waals surface area contributed by atoms with Crippen molar-refractivity contribution in [1.29, 1.82) is 0 Å². The smallest absolute Gasteiger partial charge is 0.165 e. The summed E-state index contributed by atoms with van der Waals surface area (Å²) in [6, 6.07) is 4.90. The van der Waals surface area contributed by atoms with E-state index in [-0.39, 0.29) is 11.6 Å². The van der Waals surface area contributed by atoms with Gasteiger partial charge in [-0.1, -0.05) is 6.07 Å². The molecule has 0 bridgehead atoms. The monoisotopic (exact) mass is 339 g/mol. The van der Waals surface area contributed by atoms with Crippen molar-refractivity contribution in [2.45, 2.75) is 50.0 Å². The minimum atomic E-state index is -1.09. The zero-order valence-corrected chi connectivity index (χ0v) is 14.3. The number of hydrogen-bond donors (Lipinski definition) is 2. The first kappa shape index (κ1) is 17.6. The number of likely N-dealkylation sites (tertiary alicyclic amines) is 1. The Balaban J connectivity index is 1.63. The van der Waals surface area contributed by atoms with Crippen molar-refractivity contribution in [3.05, 3.63) is 29.6 Å². The highest BCUT2D eigenvalue weighted by atomic mass is 19.1. The van der Waals surface area contributed by atoms with Crippen molar-refractivity contribution in [3.8, 4) is 5.75 Å². The molecule has 6 heteroatoms. The summed E-state index contributed by atoms with van der Waals surface area (Å²) in [5.41, 5.74) is -0.759. The van der Waals surface area contributed by atoms with Gasteiger partial charge in [0.15, 0.2) is 11.6 Å². The molecule has 0 aromatic heterocycles. The number of ether oxygens (including phenoxy) is 2. The zero-order valence-electron chi connectivity index (χ0n) is 14.3. The largest absolute Gasteiger partial charge is 0.494 e. The van der Waals surface area contributed by atoms with Crippen LogP contribution in [0.1, 0.15) is 31.7 Å². The van der Waals surface area contributed by atoms with Crippen molar-refractivity contribution in [3.63, 3.8) is 0 Å². The normalized spacial score (nSPS) is 30.5. The Bertz CT molecular complexity index is 584. The molecule has 0 radical (unpaired) electrons. The lowest BCUT2D eigenvalue weighted by atomic mass is 9.75. The first-order chi connectivity index (χ1) is 11.4. The average molecular weight is 339 g/mol. The fourth-order valence-corrected chi connectivity index (χ4v) is 3.81. The van der Waals surface area contributed by atoms with Gasteiger partial charge < -0.3 is 19.7 Å². The lowest BCUT2D eigenvalue weighted by Crippen LogP contribution is -2.64. The summed E-state index contributed by atoms with van der Waals surface area (Å²) in [6.07, 6.45) is 0.923. The van der Waals surface area contributed by atoms with Crippen LogP contribution in [0.25, 0.3) is 0 Å². The van der Waals surface area contributed by atoms with Gasteiger partial charge in [0, 0.05) is 26.1 Å². The molecule has 0 unspecified atom stereocenters. The highest BCUT2D eigenvalue weighted by Gasteiger charge is 2.52. The fraction of sp³-hybridized carbons (Fsp3) is 0.667. The molecule has 2 aliphatic heterocycles. The van der Waals surface area contributed by atoms with Crippen LogP contribution < -0.4 is 4.74 Å². The molecule has 2 atom stereocenters. The van der Waals surface area contributed by atoms with Gasteiger partial charge in [-0.3, -0.25) is 4.90 Å². The van der Waals surface area contributed by atoms with Gasteiger partial charge in [0.25, 0.3) is 0 Å². The van der Waals surface area contributed by atoms with E-state index in [1.807, 2.05) is 0 Å². The predicted octanol–water partition coefficient (Wildman–Crippen LogP) is 1.70. The Labute approximate surface area is 142 Å². The van der Waals surface area contributed by atoms with E-state index >= 15 is 0 Å². The topological polar surface area (TPSA) is 62.2 Å². The van der Waals surface area contributed by atoms with Crippen molar-refractivity contribution >= 4 is 0 Å². The Kier molecular flexibility index (Phi) is 4.84. The Morgan fingerprint density at radius 3 is 2.71 bits per heavy atom. The predicted molar refractivity (Wildman–Crippen MR) is 87.4 cm³/mol.